The van der Waals surface area contributed by atoms with Crippen LogP contribution in [0.2, 0.25) is 0 Å². The normalized spacial score (nSPS) is 12.5. The standard InChI is InChI=1S/C12H25N/c1-4-7-12(8-5-2)9-11(6-3)10-13/h10,12H,4-9,13H2,1-3H3/b11-10+. The van der Waals surface area contributed by atoms with Gasteiger partial charge in [0.2, 0.25) is 0 Å². The molecule has 0 saturated heterocycles. The van der Waals surface area contributed by atoms with E-state index in [9.17, 15) is 0 Å². The molecule has 2 N–H and O–H groups in total. The van der Waals surface area contributed by atoms with Crippen LogP contribution in [0.25, 0.3) is 0 Å². The first kappa shape index (κ1) is 12.5. The van der Waals surface area contributed by atoms with Gasteiger partial charge in [0.05, 0.1) is 0 Å². The van der Waals surface area contributed by atoms with Crippen molar-refractivity contribution in [2.75, 3.05) is 0 Å². The molecule has 13 heavy (non-hydrogen) atoms. The molecule has 0 fully saturated rings. The number of nitrogens with two attached hydrogens (primary N) is 1. The van der Waals surface area contributed by atoms with Crippen molar-refractivity contribution < 1.29 is 0 Å². The van der Waals surface area contributed by atoms with Crippen molar-refractivity contribution in [1.29, 1.82) is 0 Å². The fraction of sp³-hybridized carbons (Fsp3) is 0.833. The van der Waals surface area contributed by atoms with Gasteiger partial charge >= 0.3 is 0 Å². The van der Waals surface area contributed by atoms with Crippen LogP contribution in [0.15, 0.2) is 11.8 Å². The Morgan fingerprint density at radius 2 is 1.69 bits per heavy atom. The minimum atomic E-state index is 0.866. The van der Waals surface area contributed by atoms with Crippen molar-refractivity contribution in [3.8, 4) is 0 Å². The third-order valence-electron chi connectivity index (χ3n) is 2.63. The van der Waals surface area contributed by atoms with Crippen LogP contribution in [0, 0.1) is 5.92 Å². The highest BCUT2D eigenvalue weighted by Gasteiger charge is 2.08. The maximum atomic E-state index is 5.56. The monoisotopic (exact) mass is 183 g/mol. The Morgan fingerprint density at radius 1 is 1.15 bits per heavy atom. The van der Waals surface area contributed by atoms with Crippen LogP contribution in [0.1, 0.15) is 59.3 Å². The SMILES string of the molecule is CCCC(CCC)C/C(=C/N)CC. The predicted molar refractivity (Wildman–Crippen MR) is 60.5 cm³/mol. The zero-order valence-corrected chi connectivity index (χ0v) is 9.47. The second-order valence-electron chi connectivity index (χ2n) is 3.83. The first-order valence-electron chi connectivity index (χ1n) is 5.68. The van der Waals surface area contributed by atoms with Crippen LogP contribution >= 0.6 is 0 Å². The molecule has 0 aliphatic rings. The van der Waals surface area contributed by atoms with Crippen molar-refractivity contribution in [3.05, 3.63) is 11.8 Å². The Hall–Kier alpha value is -0.460. The molecule has 0 rings (SSSR count). The van der Waals surface area contributed by atoms with Crippen molar-refractivity contribution in [1.82, 2.24) is 0 Å². The average Bonchev–Trinajstić information content (AvgIpc) is 2.14. The van der Waals surface area contributed by atoms with E-state index in [-0.39, 0.29) is 0 Å². The van der Waals surface area contributed by atoms with Gasteiger partial charge in [0.15, 0.2) is 0 Å². The molecule has 1 nitrogen and oxygen atoms in total. The summed E-state index contributed by atoms with van der Waals surface area (Å²) < 4.78 is 0. The maximum absolute atomic E-state index is 5.56. The molecule has 0 saturated carbocycles. The van der Waals surface area contributed by atoms with Gasteiger partial charge in [-0.15, -0.1) is 0 Å². The molecule has 0 aromatic carbocycles. The van der Waals surface area contributed by atoms with E-state index in [2.05, 4.69) is 20.8 Å². The first-order chi connectivity index (χ1) is 6.28. The van der Waals surface area contributed by atoms with E-state index >= 15 is 0 Å². The minimum Gasteiger partial charge on any atom is -0.405 e. The van der Waals surface area contributed by atoms with Gasteiger partial charge in [0, 0.05) is 0 Å². The molecular formula is C12H25N. The molecule has 0 atom stereocenters. The van der Waals surface area contributed by atoms with Crippen molar-refractivity contribution >= 4 is 0 Å². The Kier molecular flexibility index (Phi) is 7.86. The van der Waals surface area contributed by atoms with Crippen molar-refractivity contribution in [2.24, 2.45) is 11.7 Å². The van der Waals surface area contributed by atoms with Gasteiger partial charge in [0.25, 0.3) is 0 Å². The summed E-state index contributed by atoms with van der Waals surface area (Å²) in [5, 5.41) is 0. The van der Waals surface area contributed by atoms with Crippen LogP contribution in [0.4, 0.5) is 0 Å². The smallest absolute Gasteiger partial charge is 0.00705 e. The van der Waals surface area contributed by atoms with Crippen molar-refractivity contribution in [2.45, 2.75) is 59.3 Å². The van der Waals surface area contributed by atoms with E-state index in [1.54, 1.807) is 6.20 Å². The Labute approximate surface area is 83.4 Å². The van der Waals surface area contributed by atoms with Gasteiger partial charge in [-0.1, -0.05) is 52.0 Å². The van der Waals surface area contributed by atoms with Gasteiger partial charge in [-0.25, -0.2) is 0 Å². The van der Waals surface area contributed by atoms with E-state index < -0.39 is 0 Å². The highest BCUT2D eigenvalue weighted by Crippen LogP contribution is 2.22. The molecule has 78 valence electrons. The Balaban J connectivity index is 3.91. The van der Waals surface area contributed by atoms with E-state index in [1.807, 2.05) is 0 Å². The molecule has 0 bridgehead atoms. The molecule has 0 aliphatic carbocycles. The summed E-state index contributed by atoms with van der Waals surface area (Å²) >= 11 is 0. The van der Waals surface area contributed by atoms with Crippen LogP contribution in [-0.4, -0.2) is 0 Å². The lowest BCUT2D eigenvalue weighted by Gasteiger charge is -2.16. The highest BCUT2D eigenvalue weighted by atomic mass is 14.5. The topological polar surface area (TPSA) is 26.0 Å². The largest absolute Gasteiger partial charge is 0.405 e. The lowest BCUT2D eigenvalue weighted by atomic mass is 9.90. The van der Waals surface area contributed by atoms with Crippen LogP contribution in [0.3, 0.4) is 0 Å². The molecule has 0 heterocycles. The summed E-state index contributed by atoms with van der Waals surface area (Å²) in [4.78, 5) is 0. The van der Waals surface area contributed by atoms with Gasteiger partial charge in [-0.05, 0) is 25.0 Å². The maximum Gasteiger partial charge on any atom is -0.00705 e. The number of rotatable bonds is 7. The third kappa shape index (κ3) is 5.73. The number of hydrogen-bond acceptors (Lipinski definition) is 1. The molecule has 0 aromatic heterocycles. The molecule has 0 unspecified atom stereocenters. The molecule has 0 aromatic rings. The zero-order chi connectivity index (χ0) is 10.1. The molecule has 1 heteroatoms. The minimum absolute atomic E-state index is 0.866. The predicted octanol–water partition coefficient (Wildman–Crippen LogP) is 3.85. The second kappa shape index (κ2) is 8.15. The van der Waals surface area contributed by atoms with Gasteiger partial charge in [-0.3, -0.25) is 0 Å². The second-order valence-corrected chi connectivity index (χ2v) is 3.83. The summed E-state index contributed by atoms with van der Waals surface area (Å²) in [6.07, 6.45) is 9.43. The molecule has 0 aliphatic heterocycles. The highest BCUT2D eigenvalue weighted by molar-refractivity contribution is 4.99. The van der Waals surface area contributed by atoms with E-state index in [0.717, 1.165) is 12.3 Å². The fourth-order valence-corrected chi connectivity index (χ4v) is 1.87. The van der Waals surface area contributed by atoms with Crippen LogP contribution in [0.5, 0.6) is 0 Å². The average molecular weight is 183 g/mol. The lowest BCUT2D eigenvalue weighted by molar-refractivity contribution is 0.433. The van der Waals surface area contributed by atoms with Gasteiger partial charge in [-0.2, -0.15) is 0 Å². The molecule has 0 spiro atoms. The summed E-state index contributed by atoms with van der Waals surface area (Å²) in [6.45, 7) is 6.72. The van der Waals surface area contributed by atoms with E-state index in [4.69, 9.17) is 5.73 Å². The van der Waals surface area contributed by atoms with Crippen LogP contribution in [-0.2, 0) is 0 Å². The molecular weight excluding hydrogens is 158 g/mol. The number of hydrogen-bond donors (Lipinski definition) is 1. The van der Waals surface area contributed by atoms with Gasteiger partial charge < -0.3 is 5.73 Å². The quantitative estimate of drug-likeness (QED) is 0.637. The first-order valence-corrected chi connectivity index (χ1v) is 5.68. The number of allylic oxidation sites excluding steroid dienone is 1. The van der Waals surface area contributed by atoms with E-state index in [0.29, 0.717) is 0 Å². The summed E-state index contributed by atoms with van der Waals surface area (Å²) in [7, 11) is 0. The zero-order valence-electron chi connectivity index (χ0n) is 9.47. The third-order valence-corrected chi connectivity index (χ3v) is 2.63. The molecule has 0 amide bonds. The Morgan fingerprint density at radius 3 is 2.00 bits per heavy atom. The summed E-state index contributed by atoms with van der Waals surface area (Å²) in [6, 6.07) is 0. The fourth-order valence-electron chi connectivity index (χ4n) is 1.87. The summed E-state index contributed by atoms with van der Waals surface area (Å²) in [5.74, 6) is 0.866. The van der Waals surface area contributed by atoms with E-state index in [1.165, 1.54) is 37.7 Å². The lowest BCUT2D eigenvalue weighted by Crippen LogP contribution is -2.02. The van der Waals surface area contributed by atoms with Crippen LogP contribution < -0.4 is 5.73 Å². The van der Waals surface area contributed by atoms with Crippen molar-refractivity contribution in [3.63, 3.8) is 0 Å². The Bertz CT molecular complexity index is 132. The summed E-state index contributed by atoms with van der Waals surface area (Å²) in [5.41, 5.74) is 6.98. The van der Waals surface area contributed by atoms with Gasteiger partial charge in [0.1, 0.15) is 0 Å². The molecule has 0 radical (unpaired) electrons.